The molecule has 1 amide bonds. The summed E-state index contributed by atoms with van der Waals surface area (Å²) in [5.74, 6) is 1.13. The molecule has 1 saturated heterocycles. The number of aromatic amines is 1. The molecule has 1 atom stereocenters. The molecular weight excluding hydrogens is 380 g/mol. The second-order valence-electron chi connectivity index (χ2n) is 8.34. The van der Waals surface area contributed by atoms with Gasteiger partial charge in [-0.1, -0.05) is 0 Å². The van der Waals surface area contributed by atoms with Gasteiger partial charge in [0, 0.05) is 41.8 Å². The largest absolute Gasteiger partial charge is 0.497 e. The van der Waals surface area contributed by atoms with Crippen LogP contribution in [0.25, 0.3) is 10.9 Å². The average Bonchev–Trinajstić information content (AvgIpc) is 3.10. The van der Waals surface area contributed by atoms with Gasteiger partial charge in [-0.3, -0.25) is 9.59 Å². The number of H-pyrrole nitrogens is 1. The van der Waals surface area contributed by atoms with Crippen molar-refractivity contribution in [2.24, 2.45) is 0 Å². The molecule has 30 heavy (non-hydrogen) atoms. The van der Waals surface area contributed by atoms with Crippen molar-refractivity contribution in [1.29, 1.82) is 0 Å². The summed E-state index contributed by atoms with van der Waals surface area (Å²) in [5.41, 5.74) is 2.73. The first-order valence-electron chi connectivity index (χ1n) is 10.3. The maximum Gasteiger partial charge on any atom is 0.259 e. The molecular formula is C23H24N4O3. The highest BCUT2D eigenvalue weighted by Crippen LogP contribution is 2.44. The molecule has 1 fully saturated rings. The van der Waals surface area contributed by atoms with Crippen LogP contribution in [0.5, 0.6) is 5.75 Å². The van der Waals surface area contributed by atoms with Crippen molar-refractivity contribution >= 4 is 16.8 Å². The fourth-order valence-corrected chi connectivity index (χ4v) is 4.99. The third kappa shape index (κ3) is 2.88. The van der Waals surface area contributed by atoms with Crippen LogP contribution in [-0.4, -0.2) is 46.0 Å². The fourth-order valence-electron chi connectivity index (χ4n) is 4.99. The first kappa shape index (κ1) is 18.8. The Morgan fingerprint density at radius 3 is 3.00 bits per heavy atom. The minimum absolute atomic E-state index is 0.135. The number of carbonyl (C=O) groups is 1. The van der Waals surface area contributed by atoms with Gasteiger partial charge in [-0.25, -0.2) is 9.97 Å². The molecule has 2 aliphatic rings. The number of nitrogens with one attached hydrogen (secondary N) is 1. The highest BCUT2D eigenvalue weighted by Gasteiger charge is 2.45. The Bertz CT molecular complexity index is 1210. The number of pyridine rings is 1. The number of hydrogen-bond donors (Lipinski definition) is 1. The third-order valence-electron chi connectivity index (χ3n) is 6.54. The number of likely N-dealkylation sites (tertiary alicyclic amines) is 1. The third-order valence-corrected chi connectivity index (χ3v) is 6.54. The molecule has 1 unspecified atom stereocenters. The smallest absolute Gasteiger partial charge is 0.259 e. The quantitative estimate of drug-likeness (QED) is 0.710. The lowest BCUT2D eigenvalue weighted by Gasteiger charge is -2.40. The number of aryl methyl sites for hydroxylation is 2. The van der Waals surface area contributed by atoms with E-state index in [1.165, 1.54) is 11.8 Å². The molecule has 154 valence electrons. The van der Waals surface area contributed by atoms with E-state index in [0.29, 0.717) is 29.7 Å². The van der Waals surface area contributed by atoms with Gasteiger partial charge in [0.15, 0.2) is 0 Å². The van der Waals surface area contributed by atoms with E-state index in [1.54, 1.807) is 25.3 Å². The van der Waals surface area contributed by atoms with Gasteiger partial charge >= 0.3 is 0 Å². The molecule has 1 spiro atoms. The molecule has 7 heteroatoms. The Hall–Kier alpha value is -3.22. The zero-order valence-electron chi connectivity index (χ0n) is 17.2. The van der Waals surface area contributed by atoms with Crippen LogP contribution in [0, 0.1) is 6.92 Å². The van der Waals surface area contributed by atoms with Crippen LogP contribution in [0.2, 0.25) is 0 Å². The maximum absolute atomic E-state index is 13.4. The zero-order valence-corrected chi connectivity index (χ0v) is 17.2. The summed E-state index contributed by atoms with van der Waals surface area (Å²) in [5, 5.41) is 0.460. The molecule has 1 aromatic carbocycles. The molecule has 3 aromatic rings. The number of aromatic nitrogens is 3. The number of hydrogen-bond acceptors (Lipinski definition) is 5. The number of amides is 1. The van der Waals surface area contributed by atoms with Gasteiger partial charge in [-0.15, -0.1) is 0 Å². The highest BCUT2D eigenvalue weighted by molar-refractivity contribution is 5.97. The van der Waals surface area contributed by atoms with Crippen LogP contribution in [0.15, 0.2) is 35.4 Å². The van der Waals surface area contributed by atoms with Crippen molar-refractivity contribution in [2.75, 3.05) is 20.2 Å². The topological polar surface area (TPSA) is 88.2 Å². The van der Waals surface area contributed by atoms with Gasteiger partial charge in [-0.2, -0.15) is 0 Å². The predicted octanol–water partition coefficient (Wildman–Crippen LogP) is 2.76. The predicted molar refractivity (Wildman–Crippen MR) is 113 cm³/mol. The lowest BCUT2D eigenvalue weighted by Crippen LogP contribution is -2.48. The van der Waals surface area contributed by atoms with E-state index in [9.17, 15) is 9.59 Å². The summed E-state index contributed by atoms with van der Waals surface area (Å²) in [6.07, 6.45) is 7.27. The molecule has 1 N–H and O–H groups in total. The summed E-state index contributed by atoms with van der Waals surface area (Å²) in [6.45, 7) is 3.14. The van der Waals surface area contributed by atoms with Crippen molar-refractivity contribution in [3.05, 3.63) is 63.5 Å². The molecule has 0 saturated carbocycles. The molecule has 0 bridgehead atoms. The van der Waals surface area contributed by atoms with E-state index in [-0.39, 0.29) is 22.3 Å². The number of methoxy groups -OCH3 is 1. The summed E-state index contributed by atoms with van der Waals surface area (Å²) >= 11 is 0. The van der Waals surface area contributed by atoms with Crippen molar-refractivity contribution in [2.45, 2.75) is 38.0 Å². The van der Waals surface area contributed by atoms with Crippen molar-refractivity contribution in [3.8, 4) is 5.75 Å². The summed E-state index contributed by atoms with van der Waals surface area (Å²) < 4.78 is 5.24. The minimum Gasteiger partial charge on any atom is -0.497 e. The van der Waals surface area contributed by atoms with Crippen LogP contribution in [-0.2, 0) is 11.8 Å². The first-order chi connectivity index (χ1) is 14.5. The number of nitrogens with zero attached hydrogens (tertiary/aromatic N) is 3. The second kappa shape index (κ2) is 6.93. The minimum atomic E-state index is -0.266. The van der Waals surface area contributed by atoms with E-state index in [4.69, 9.17) is 9.72 Å². The molecule has 0 radical (unpaired) electrons. The van der Waals surface area contributed by atoms with Gasteiger partial charge < -0.3 is 14.6 Å². The summed E-state index contributed by atoms with van der Waals surface area (Å²) in [7, 11) is 1.56. The molecule has 5 rings (SSSR count). The number of benzene rings is 1. The molecule has 1 aliphatic heterocycles. The van der Waals surface area contributed by atoms with Crippen molar-refractivity contribution in [3.63, 3.8) is 0 Å². The first-order valence-corrected chi connectivity index (χ1v) is 10.3. The fraction of sp³-hybridized carbons (Fsp3) is 0.391. The van der Waals surface area contributed by atoms with Crippen LogP contribution in [0.1, 0.15) is 46.7 Å². The van der Waals surface area contributed by atoms with Gasteiger partial charge in [0.2, 0.25) is 5.43 Å². The van der Waals surface area contributed by atoms with E-state index in [0.717, 1.165) is 37.2 Å². The normalized spacial score (nSPS) is 20.5. The monoisotopic (exact) mass is 404 g/mol. The Kier molecular flexibility index (Phi) is 4.34. The van der Waals surface area contributed by atoms with E-state index < -0.39 is 0 Å². The van der Waals surface area contributed by atoms with Crippen LogP contribution in [0.4, 0.5) is 0 Å². The second-order valence-corrected chi connectivity index (χ2v) is 8.34. The average molecular weight is 404 g/mol. The standard InChI is InChI=1S/C23H24N4O3/c1-14-24-11-15-6-8-23(21(15)26-14)7-3-9-27(13-23)22(29)18-12-25-19-5-4-16(30-2)10-17(19)20(18)28/h4-5,10-12H,3,6-9,13H2,1-2H3,(H,25,28). The van der Waals surface area contributed by atoms with Crippen molar-refractivity contribution in [1.82, 2.24) is 19.9 Å². The molecule has 1 aliphatic carbocycles. The maximum atomic E-state index is 13.4. The highest BCUT2D eigenvalue weighted by atomic mass is 16.5. The van der Waals surface area contributed by atoms with Gasteiger partial charge in [0.1, 0.15) is 17.1 Å². The lowest BCUT2D eigenvalue weighted by atomic mass is 9.77. The number of fused-ring (bicyclic) bond motifs is 3. The van der Waals surface area contributed by atoms with Gasteiger partial charge in [-0.05, 0) is 56.4 Å². The number of piperidine rings is 1. The van der Waals surface area contributed by atoms with Gasteiger partial charge in [0.25, 0.3) is 5.91 Å². The van der Waals surface area contributed by atoms with Crippen LogP contribution < -0.4 is 10.2 Å². The van der Waals surface area contributed by atoms with E-state index >= 15 is 0 Å². The zero-order chi connectivity index (χ0) is 20.9. The lowest BCUT2D eigenvalue weighted by molar-refractivity contribution is 0.0632. The number of ether oxygens (including phenoxy) is 1. The summed E-state index contributed by atoms with van der Waals surface area (Å²) in [6, 6.07) is 5.25. The SMILES string of the molecule is COc1ccc2[nH]cc(C(=O)N3CCCC4(CCc5cnc(C)nc54)C3)c(=O)c2c1. The Labute approximate surface area is 174 Å². The Balaban J connectivity index is 1.50. The summed E-state index contributed by atoms with van der Waals surface area (Å²) in [4.78, 5) is 40.5. The van der Waals surface area contributed by atoms with Crippen molar-refractivity contribution < 1.29 is 9.53 Å². The van der Waals surface area contributed by atoms with E-state index in [1.807, 2.05) is 18.0 Å². The molecule has 7 nitrogen and oxygen atoms in total. The Morgan fingerprint density at radius 2 is 2.17 bits per heavy atom. The Morgan fingerprint density at radius 1 is 1.30 bits per heavy atom. The van der Waals surface area contributed by atoms with Crippen LogP contribution in [0.3, 0.4) is 0 Å². The van der Waals surface area contributed by atoms with E-state index in [2.05, 4.69) is 9.97 Å². The van der Waals surface area contributed by atoms with Gasteiger partial charge in [0.05, 0.1) is 12.8 Å². The number of carbonyl (C=O) groups excluding carboxylic acids is 1. The molecule has 3 heterocycles. The van der Waals surface area contributed by atoms with Crippen LogP contribution >= 0.6 is 0 Å². The molecule has 2 aromatic heterocycles. The number of rotatable bonds is 2.